The van der Waals surface area contributed by atoms with Gasteiger partial charge in [-0.3, -0.25) is 0 Å². The predicted octanol–water partition coefficient (Wildman–Crippen LogP) is 4.62. The van der Waals surface area contributed by atoms with E-state index in [4.69, 9.17) is 4.42 Å². The standard InChI is InChI=1S/C15H16F3NO/c1-11(14-8-5-9-20-14)19-13(10-15(16,17)18)12-6-3-2-4-7-12/h2-9,11,13,19H,10H2,1H3/t11-,13?/m1/s1. The van der Waals surface area contributed by atoms with Gasteiger partial charge in [0.1, 0.15) is 5.76 Å². The number of nitrogens with one attached hydrogen (secondary N) is 1. The molecule has 0 saturated heterocycles. The molecule has 5 heteroatoms. The Hall–Kier alpha value is -1.75. The first-order valence-corrected chi connectivity index (χ1v) is 6.37. The van der Waals surface area contributed by atoms with Gasteiger partial charge in [-0.2, -0.15) is 13.2 Å². The van der Waals surface area contributed by atoms with Crippen LogP contribution in [0.2, 0.25) is 0 Å². The minimum atomic E-state index is -4.23. The molecule has 0 bridgehead atoms. The minimum Gasteiger partial charge on any atom is -0.468 e. The Bertz CT molecular complexity index is 508. The minimum absolute atomic E-state index is 0.294. The Balaban J connectivity index is 2.15. The molecule has 1 unspecified atom stereocenters. The van der Waals surface area contributed by atoms with Crippen molar-refractivity contribution in [2.75, 3.05) is 0 Å². The molecule has 108 valence electrons. The summed E-state index contributed by atoms with van der Waals surface area (Å²) in [4.78, 5) is 0. The molecule has 0 aliphatic carbocycles. The van der Waals surface area contributed by atoms with Gasteiger partial charge >= 0.3 is 6.18 Å². The highest BCUT2D eigenvalue weighted by Gasteiger charge is 2.33. The first kappa shape index (κ1) is 14.7. The third kappa shape index (κ3) is 4.13. The fraction of sp³-hybridized carbons (Fsp3) is 0.333. The number of rotatable bonds is 5. The van der Waals surface area contributed by atoms with Gasteiger partial charge in [0.15, 0.2) is 0 Å². The third-order valence-corrected chi connectivity index (χ3v) is 3.06. The zero-order valence-corrected chi connectivity index (χ0v) is 11.0. The van der Waals surface area contributed by atoms with Crippen LogP contribution in [0, 0.1) is 0 Å². The molecule has 1 heterocycles. The molecule has 0 aliphatic heterocycles. The Labute approximate surface area is 115 Å². The average Bonchev–Trinajstić information content (AvgIpc) is 2.91. The second-order valence-electron chi connectivity index (χ2n) is 4.69. The second kappa shape index (κ2) is 6.13. The van der Waals surface area contributed by atoms with Crippen molar-refractivity contribution in [2.45, 2.75) is 31.6 Å². The molecule has 20 heavy (non-hydrogen) atoms. The summed E-state index contributed by atoms with van der Waals surface area (Å²) in [5, 5.41) is 2.98. The molecule has 1 aromatic heterocycles. The molecule has 1 aromatic carbocycles. The van der Waals surface area contributed by atoms with Gasteiger partial charge in [-0.05, 0) is 24.6 Å². The molecule has 0 radical (unpaired) electrons. The molecule has 0 saturated carbocycles. The van der Waals surface area contributed by atoms with E-state index in [1.165, 1.54) is 6.26 Å². The van der Waals surface area contributed by atoms with Gasteiger partial charge in [-0.25, -0.2) is 0 Å². The lowest BCUT2D eigenvalue weighted by molar-refractivity contribution is -0.141. The van der Waals surface area contributed by atoms with Crippen molar-refractivity contribution in [1.29, 1.82) is 0 Å². The number of benzene rings is 1. The topological polar surface area (TPSA) is 25.2 Å². The van der Waals surface area contributed by atoms with E-state index in [0.717, 1.165) is 0 Å². The number of halogens is 3. The Kier molecular flexibility index (Phi) is 4.49. The highest BCUT2D eigenvalue weighted by atomic mass is 19.4. The van der Waals surface area contributed by atoms with Gasteiger partial charge in [0.2, 0.25) is 0 Å². The fourth-order valence-electron chi connectivity index (χ4n) is 2.11. The summed E-state index contributed by atoms with van der Waals surface area (Å²) in [6, 6.07) is 11.0. The largest absolute Gasteiger partial charge is 0.468 e. The number of hydrogen-bond acceptors (Lipinski definition) is 2. The molecule has 0 amide bonds. The predicted molar refractivity (Wildman–Crippen MR) is 70.1 cm³/mol. The molecule has 1 N–H and O–H groups in total. The van der Waals surface area contributed by atoms with Gasteiger partial charge in [-0.1, -0.05) is 30.3 Å². The van der Waals surface area contributed by atoms with E-state index in [9.17, 15) is 13.2 Å². The maximum Gasteiger partial charge on any atom is 0.390 e. The van der Waals surface area contributed by atoms with Crippen LogP contribution >= 0.6 is 0 Å². The Morgan fingerprint density at radius 2 is 1.80 bits per heavy atom. The summed E-state index contributed by atoms with van der Waals surface area (Å²) in [6.45, 7) is 1.78. The second-order valence-corrected chi connectivity index (χ2v) is 4.69. The lowest BCUT2D eigenvalue weighted by Crippen LogP contribution is -2.28. The van der Waals surface area contributed by atoms with E-state index in [0.29, 0.717) is 11.3 Å². The summed E-state index contributed by atoms with van der Waals surface area (Å²) in [6.07, 6.45) is -3.63. The molecule has 0 aliphatic rings. The van der Waals surface area contributed by atoms with Crippen LogP contribution in [0.4, 0.5) is 13.2 Å². The quantitative estimate of drug-likeness (QED) is 0.865. The molecule has 2 aromatic rings. The van der Waals surface area contributed by atoms with Crippen LogP contribution in [0.1, 0.15) is 36.8 Å². The maximum atomic E-state index is 12.7. The first-order valence-electron chi connectivity index (χ1n) is 6.37. The molecule has 2 nitrogen and oxygen atoms in total. The van der Waals surface area contributed by atoms with Crippen molar-refractivity contribution in [3.8, 4) is 0 Å². The van der Waals surface area contributed by atoms with Gasteiger partial charge in [0.25, 0.3) is 0 Å². The molecule has 0 spiro atoms. The first-order chi connectivity index (χ1) is 9.46. The van der Waals surface area contributed by atoms with Crippen molar-refractivity contribution in [3.05, 3.63) is 60.1 Å². The van der Waals surface area contributed by atoms with Crippen LogP contribution < -0.4 is 5.32 Å². The van der Waals surface area contributed by atoms with Crippen LogP contribution in [0.5, 0.6) is 0 Å². The van der Waals surface area contributed by atoms with Gasteiger partial charge < -0.3 is 9.73 Å². The summed E-state index contributed by atoms with van der Waals surface area (Å²) >= 11 is 0. The third-order valence-electron chi connectivity index (χ3n) is 3.06. The molecule has 2 rings (SSSR count). The van der Waals surface area contributed by atoms with Crippen LogP contribution in [-0.4, -0.2) is 6.18 Å². The lowest BCUT2D eigenvalue weighted by Gasteiger charge is -2.24. The molecular formula is C15H16F3NO. The SMILES string of the molecule is C[C@@H](NC(CC(F)(F)F)c1ccccc1)c1ccco1. The zero-order valence-electron chi connectivity index (χ0n) is 11.0. The highest BCUT2D eigenvalue weighted by molar-refractivity contribution is 5.20. The normalized spacial score (nSPS) is 15.0. The van der Waals surface area contributed by atoms with E-state index in [1.54, 1.807) is 49.4 Å². The molecule has 0 fully saturated rings. The van der Waals surface area contributed by atoms with E-state index >= 15 is 0 Å². The average molecular weight is 283 g/mol. The van der Waals surface area contributed by atoms with Crippen LogP contribution in [0.25, 0.3) is 0 Å². The van der Waals surface area contributed by atoms with Crippen LogP contribution in [0.3, 0.4) is 0 Å². The summed E-state index contributed by atoms with van der Waals surface area (Å²) < 4.78 is 43.4. The zero-order chi connectivity index (χ0) is 14.6. The monoisotopic (exact) mass is 283 g/mol. The van der Waals surface area contributed by atoms with E-state index in [-0.39, 0.29) is 6.04 Å². The lowest BCUT2D eigenvalue weighted by atomic mass is 10.0. The summed E-state index contributed by atoms with van der Waals surface area (Å²) in [7, 11) is 0. The van der Waals surface area contributed by atoms with Crippen LogP contribution in [-0.2, 0) is 0 Å². The Morgan fingerprint density at radius 1 is 1.10 bits per heavy atom. The number of furan rings is 1. The molecule has 2 atom stereocenters. The fourth-order valence-corrected chi connectivity index (χ4v) is 2.11. The highest BCUT2D eigenvalue weighted by Crippen LogP contribution is 2.31. The van der Waals surface area contributed by atoms with Crippen molar-refractivity contribution in [3.63, 3.8) is 0 Å². The smallest absolute Gasteiger partial charge is 0.390 e. The van der Waals surface area contributed by atoms with Crippen molar-refractivity contribution in [2.24, 2.45) is 0 Å². The Morgan fingerprint density at radius 3 is 2.35 bits per heavy atom. The number of hydrogen-bond donors (Lipinski definition) is 1. The van der Waals surface area contributed by atoms with E-state index in [1.807, 2.05) is 0 Å². The van der Waals surface area contributed by atoms with Gasteiger partial charge in [0, 0.05) is 6.04 Å². The van der Waals surface area contributed by atoms with E-state index in [2.05, 4.69) is 5.32 Å². The summed E-state index contributed by atoms with van der Waals surface area (Å²) in [5.74, 6) is 0.619. The van der Waals surface area contributed by atoms with Crippen LogP contribution in [0.15, 0.2) is 53.1 Å². The van der Waals surface area contributed by atoms with Gasteiger partial charge in [-0.15, -0.1) is 0 Å². The summed E-state index contributed by atoms with van der Waals surface area (Å²) in [5.41, 5.74) is 0.614. The maximum absolute atomic E-state index is 12.7. The van der Waals surface area contributed by atoms with Crippen molar-refractivity contribution < 1.29 is 17.6 Å². The van der Waals surface area contributed by atoms with Crippen molar-refractivity contribution >= 4 is 0 Å². The number of alkyl halides is 3. The van der Waals surface area contributed by atoms with Crippen molar-refractivity contribution in [1.82, 2.24) is 5.32 Å². The van der Waals surface area contributed by atoms with Gasteiger partial charge in [0.05, 0.1) is 18.7 Å². The molecular weight excluding hydrogens is 267 g/mol. The van der Waals surface area contributed by atoms with E-state index < -0.39 is 18.6 Å².